The second-order valence-electron chi connectivity index (χ2n) is 4.66. The molecular weight excluding hydrogens is 264 g/mol. The highest BCUT2D eigenvalue weighted by atomic mass is 32.2. The minimum absolute atomic E-state index is 0.978. The first-order valence-corrected chi connectivity index (χ1v) is 7.31. The molecule has 1 aliphatic heterocycles. The highest BCUT2D eigenvalue weighted by molar-refractivity contribution is 8.03. The number of benzene rings is 2. The Bertz CT molecular complexity index is 797. The Balaban J connectivity index is 1.70. The van der Waals surface area contributed by atoms with Crippen LogP contribution in [0.15, 0.2) is 70.6 Å². The van der Waals surface area contributed by atoms with Gasteiger partial charge in [0, 0.05) is 10.3 Å². The second-order valence-corrected chi connectivity index (χ2v) is 5.74. The number of hydrogen-bond donors (Lipinski definition) is 1. The van der Waals surface area contributed by atoms with Crippen LogP contribution in [-0.2, 0) is 0 Å². The van der Waals surface area contributed by atoms with Crippen molar-refractivity contribution in [3.05, 3.63) is 71.4 Å². The summed E-state index contributed by atoms with van der Waals surface area (Å²) in [6.45, 7) is 0. The Morgan fingerprint density at radius 3 is 2.70 bits per heavy atom. The molecule has 0 spiro atoms. The van der Waals surface area contributed by atoms with Gasteiger partial charge in [-0.15, -0.1) is 0 Å². The van der Waals surface area contributed by atoms with Crippen molar-refractivity contribution in [1.82, 2.24) is 4.98 Å². The molecule has 2 aromatic carbocycles. The number of aromatic nitrogens is 1. The number of nitrogens with zero attached hydrogens (tertiary/aromatic N) is 1. The van der Waals surface area contributed by atoms with Gasteiger partial charge in [-0.05, 0) is 30.3 Å². The summed E-state index contributed by atoms with van der Waals surface area (Å²) in [6.07, 6.45) is 2.09. The van der Waals surface area contributed by atoms with E-state index in [1.54, 1.807) is 11.8 Å². The molecule has 0 unspecified atom stereocenters. The van der Waals surface area contributed by atoms with Crippen LogP contribution in [0.5, 0.6) is 0 Å². The third kappa shape index (κ3) is 2.06. The molecule has 3 heteroatoms. The van der Waals surface area contributed by atoms with E-state index in [1.165, 1.54) is 16.0 Å². The van der Waals surface area contributed by atoms with E-state index in [2.05, 4.69) is 52.8 Å². The fraction of sp³-hybridized carbons (Fsp3) is 0. The van der Waals surface area contributed by atoms with Gasteiger partial charge in [-0.1, -0.05) is 48.2 Å². The molecular formula is C17H12N2S. The maximum Gasteiger partial charge on any atom is 0.0796 e. The smallest absolute Gasteiger partial charge is 0.0796 e. The zero-order valence-electron chi connectivity index (χ0n) is 10.7. The highest BCUT2D eigenvalue weighted by Gasteiger charge is 2.14. The van der Waals surface area contributed by atoms with Crippen molar-refractivity contribution < 1.29 is 0 Å². The summed E-state index contributed by atoms with van der Waals surface area (Å²) in [5.41, 5.74) is 3.18. The molecule has 0 aliphatic carbocycles. The molecule has 1 aliphatic rings. The van der Waals surface area contributed by atoms with Crippen LogP contribution in [0.1, 0.15) is 5.69 Å². The molecule has 0 radical (unpaired) electrons. The predicted octanol–water partition coefficient (Wildman–Crippen LogP) is 4.75. The van der Waals surface area contributed by atoms with Crippen molar-refractivity contribution in [3.8, 4) is 0 Å². The average molecular weight is 276 g/mol. The minimum Gasteiger partial charge on any atom is -0.349 e. The normalized spacial score (nSPS) is 15.3. The lowest BCUT2D eigenvalue weighted by Gasteiger charge is -2.01. The summed E-state index contributed by atoms with van der Waals surface area (Å²) in [4.78, 5) is 5.94. The lowest BCUT2D eigenvalue weighted by atomic mass is 10.2. The number of rotatable bonds is 1. The van der Waals surface area contributed by atoms with Gasteiger partial charge in [-0.2, -0.15) is 0 Å². The van der Waals surface area contributed by atoms with Crippen LogP contribution in [0.25, 0.3) is 17.0 Å². The summed E-state index contributed by atoms with van der Waals surface area (Å²) in [6, 6.07) is 20.7. The van der Waals surface area contributed by atoms with Crippen molar-refractivity contribution in [1.29, 1.82) is 0 Å². The van der Waals surface area contributed by atoms with Crippen molar-refractivity contribution >= 4 is 34.4 Å². The molecule has 1 N–H and O–H groups in total. The summed E-state index contributed by atoms with van der Waals surface area (Å²) in [5, 5.41) is 5.71. The third-order valence-corrected chi connectivity index (χ3v) is 4.28. The number of thioether (sulfide) groups is 1. The Labute approximate surface area is 121 Å². The van der Waals surface area contributed by atoms with E-state index in [1.807, 2.05) is 24.3 Å². The van der Waals surface area contributed by atoms with E-state index in [9.17, 15) is 0 Å². The Hall–Kier alpha value is -2.26. The average Bonchev–Trinajstić information content (AvgIpc) is 2.89. The molecule has 4 rings (SSSR count). The molecule has 0 bridgehead atoms. The van der Waals surface area contributed by atoms with E-state index < -0.39 is 0 Å². The van der Waals surface area contributed by atoms with Gasteiger partial charge in [0.2, 0.25) is 0 Å². The molecule has 0 saturated heterocycles. The van der Waals surface area contributed by atoms with Crippen LogP contribution in [0.3, 0.4) is 0 Å². The van der Waals surface area contributed by atoms with E-state index >= 15 is 0 Å². The quantitative estimate of drug-likeness (QED) is 0.694. The van der Waals surface area contributed by atoms with Crippen LogP contribution < -0.4 is 5.32 Å². The van der Waals surface area contributed by atoms with Crippen LogP contribution in [0, 0.1) is 0 Å². The Morgan fingerprint density at radius 1 is 0.900 bits per heavy atom. The molecule has 3 aromatic rings. The molecule has 20 heavy (non-hydrogen) atoms. The summed E-state index contributed by atoms with van der Waals surface area (Å²) in [7, 11) is 0. The number of fused-ring (bicyclic) bond motifs is 2. The minimum atomic E-state index is 0.978. The molecule has 0 atom stereocenters. The van der Waals surface area contributed by atoms with Gasteiger partial charge in [0.1, 0.15) is 0 Å². The zero-order chi connectivity index (χ0) is 13.4. The van der Waals surface area contributed by atoms with Gasteiger partial charge in [-0.3, -0.25) is 0 Å². The molecule has 0 fully saturated rings. The van der Waals surface area contributed by atoms with Crippen molar-refractivity contribution in [3.63, 3.8) is 0 Å². The predicted molar refractivity (Wildman–Crippen MR) is 85.6 cm³/mol. The number of pyridine rings is 1. The third-order valence-electron chi connectivity index (χ3n) is 3.26. The fourth-order valence-electron chi connectivity index (χ4n) is 2.30. The van der Waals surface area contributed by atoms with Crippen molar-refractivity contribution in [2.45, 2.75) is 4.90 Å². The van der Waals surface area contributed by atoms with Crippen LogP contribution in [-0.4, -0.2) is 4.98 Å². The van der Waals surface area contributed by atoms with Gasteiger partial charge in [0.05, 0.1) is 21.9 Å². The molecule has 2 nitrogen and oxygen atoms in total. The summed E-state index contributed by atoms with van der Waals surface area (Å²) in [5.74, 6) is 0. The van der Waals surface area contributed by atoms with E-state index in [0.29, 0.717) is 0 Å². The first-order valence-electron chi connectivity index (χ1n) is 6.50. The van der Waals surface area contributed by atoms with Crippen LogP contribution >= 0.6 is 11.8 Å². The van der Waals surface area contributed by atoms with E-state index in [0.717, 1.165) is 16.2 Å². The Kier molecular flexibility index (Phi) is 2.71. The van der Waals surface area contributed by atoms with Crippen LogP contribution in [0.4, 0.5) is 5.69 Å². The number of para-hydroxylation sites is 2. The van der Waals surface area contributed by atoms with Crippen molar-refractivity contribution in [2.75, 3.05) is 5.32 Å². The standard InChI is InChI=1S/C17H12N2S/c1-2-6-14-12(5-1)9-10-13(18-14)11-17-19-15-7-3-4-8-16(15)20-17/h1-11,19H. The van der Waals surface area contributed by atoms with Crippen molar-refractivity contribution in [2.24, 2.45) is 0 Å². The first-order chi connectivity index (χ1) is 9.88. The number of nitrogens with one attached hydrogen (secondary N) is 1. The topological polar surface area (TPSA) is 24.9 Å². The van der Waals surface area contributed by atoms with Gasteiger partial charge < -0.3 is 5.32 Å². The molecule has 0 amide bonds. The maximum atomic E-state index is 4.67. The summed E-state index contributed by atoms with van der Waals surface area (Å²) >= 11 is 1.75. The van der Waals surface area contributed by atoms with E-state index in [4.69, 9.17) is 0 Å². The second kappa shape index (κ2) is 4.69. The fourth-order valence-corrected chi connectivity index (χ4v) is 3.25. The molecule has 0 saturated carbocycles. The van der Waals surface area contributed by atoms with Gasteiger partial charge in [0.15, 0.2) is 0 Å². The number of hydrogen-bond acceptors (Lipinski definition) is 3. The Morgan fingerprint density at radius 2 is 1.75 bits per heavy atom. The SMILES string of the molecule is C(=C1Nc2ccccc2S1)c1ccc2ccccc2n1. The lowest BCUT2D eigenvalue weighted by molar-refractivity contribution is 1.37. The highest BCUT2D eigenvalue weighted by Crippen LogP contribution is 2.41. The molecule has 96 valence electrons. The maximum absolute atomic E-state index is 4.67. The monoisotopic (exact) mass is 276 g/mol. The molecule has 2 heterocycles. The largest absolute Gasteiger partial charge is 0.349 e. The van der Waals surface area contributed by atoms with E-state index in [-0.39, 0.29) is 0 Å². The molecule has 1 aromatic heterocycles. The van der Waals surface area contributed by atoms with Gasteiger partial charge >= 0.3 is 0 Å². The zero-order valence-corrected chi connectivity index (χ0v) is 11.5. The lowest BCUT2D eigenvalue weighted by Crippen LogP contribution is -1.89. The summed E-state index contributed by atoms with van der Waals surface area (Å²) < 4.78 is 0. The van der Waals surface area contributed by atoms with Crippen LogP contribution in [0.2, 0.25) is 0 Å². The number of anilines is 1. The van der Waals surface area contributed by atoms with Gasteiger partial charge in [-0.25, -0.2) is 4.98 Å². The first kappa shape index (κ1) is 11.6. The van der Waals surface area contributed by atoms with Gasteiger partial charge in [0.25, 0.3) is 0 Å².